The number of rotatable bonds is 3. The van der Waals surface area contributed by atoms with Crippen LogP contribution in [0.3, 0.4) is 0 Å². The minimum absolute atomic E-state index is 0.0285. The third kappa shape index (κ3) is 4.15. The van der Waals surface area contributed by atoms with Crippen molar-refractivity contribution in [3.8, 4) is 22.5 Å². The number of hydrogen-bond acceptors (Lipinski definition) is 1. The fraction of sp³-hybridized carbons (Fsp3) is 0.207. The minimum Gasteiger partial charge on any atom is -0.333 e. The largest absolute Gasteiger partial charge is 0.333 e. The zero-order chi connectivity index (χ0) is 39.6. The van der Waals surface area contributed by atoms with E-state index in [9.17, 15) is 0 Å². The summed E-state index contributed by atoms with van der Waals surface area (Å²) in [7, 11) is 0. The lowest BCUT2D eigenvalue weighted by Gasteiger charge is -2.63. The summed E-state index contributed by atoms with van der Waals surface area (Å²) >= 11 is 0. The Kier molecular flexibility index (Phi) is 6.43. The van der Waals surface area contributed by atoms with E-state index in [1.165, 1.54) is 115 Å². The SMILES string of the molecule is C1=CC2c3ccccc3N(c3ccccc3-c3ccc4c(c3)-n3c5ccc(-n6c7ccccc7c7ccccc76)cc5c5cccc(c53)C43C4CC5CC(C4)CC3C5)C2C=C1. The lowest BCUT2D eigenvalue weighted by Crippen LogP contribution is -2.57. The normalized spacial score (nSPS) is 26.3. The van der Waals surface area contributed by atoms with E-state index in [4.69, 9.17) is 0 Å². The second kappa shape index (κ2) is 11.8. The predicted molar refractivity (Wildman–Crippen MR) is 252 cm³/mol. The fourth-order valence-electron chi connectivity index (χ4n) is 14.7. The number of hydrogen-bond donors (Lipinski definition) is 0. The molecule has 2 aliphatic heterocycles. The highest BCUT2D eigenvalue weighted by Gasteiger charge is 2.61. The molecular weight excluding hydrogens is 739 g/mol. The topological polar surface area (TPSA) is 13.1 Å². The molecule has 4 heterocycles. The first-order chi connectivity index (χ1) is 30.2. The summed E-state index contributed by atoms with van der Waals surface area (Å²) in [5.74, 6) is 3.47. The van der Waals surface area contributed by atoms with E-state index < -0.39 is 0 Å². The van der Waals surface area contributed by atoms with Gasteiger partial charge >= 0.3 is 0 Å². The molecule has 4 bridgehead atoms. The fourth-order valence-corrected chi connectivity index (χ4v) is 14.7. The standard InChI is InChI=1S/C58H45N3/c1-6-19-50(60-53-22-9-4-15-44(53)45-16-5-10-23-54(45)60)41(12-1)37-24-26-48-56(33-37)61-55-27-25-40(59-51-20-7-2-13-42(51)43-14-3-8-21-52(43)59)34-47(55)46-17-11-18-49(57(46)61)58(48)38-29-35-28-36(31-38)32-39(58)30-35/h1-27,33-36,38-39,44,53H,28-32H2. The Hall–Kier alpha value is -6.58. The molecule has 4 fully saturated rings. The zero-order valence-corrected chi connectivity index (χ0v) is 34.1. The maximum absolute atomic E-state index is 2.70. The van der Waals surface area contributed by atoms with E-state index in [0.717, 1.165) is 11.8 Å². The first-order valence-electron chi connectivity index (χ1n) is 22.8. The number of fused-ring (bicyclic) bond motifs is 11. The van der Waals surface area contributed by atoms with Crippen LogP contribution in [-0.4, -0.2) is 15.2 Å². The average molecular weight is 784 g/mol. The Morgan fingerprint density at radius 1 is 0.459 bits per heavy atom. The average Bonchev–Trinajstić information content (AvgIpc) is 3.95. The molecule has 3 heteroatoms. The van der Waals surface area contributed by atoms with Gasteiger partial charge in [0.2, 0.25) is 0 Å². The van der Waals surface area contributed by atoms with Gasteiger partial charge in [-0.3, -0.25) is 0 Å². The van der Waals surface area contributed by atoms with Gasteiger partial charge in [-0.15, -0.1) is 0 Å². The van der Waals surface area contributed by atoms with Crippen LogP contribution in [0.5, 0.6) is 0 Å². The Morgan fingerprint density at radius 3 is 1.93 bits per heavy atom. The first-order valence-corrected chi connectivity index (χ1v) is 22.8. The minimum atomic E-state index is 0.0285. The molecule has 292 valence electrons. The Bertz CT molecular complexity index is 3340. The summed E-state index contributed by atoms with van der Waals surface area (Å²) in [5.41, 5.74) is 17.6. The van der Waals surface area contributed by atoms with Crippen molar-refractivity contribution in [1.29, 1.82) is 0 Å². The second-order valence-electron chi connectivity index (χ2n) is 19.2. The lowest BCUT2D eigenvalue weighted by molar-refractivity contribution is -0.0418. The van der Waals surface area contributed by atoms with E-state index in [-0.39, 0.29) is 11.5 Å². The van der Waals surface area contributed by atoms with Gasteiger partial charge < -0.3 is 14.0 Å². The van der Waals surface area contributed by atoms with Crippen molar-refractivity contribution in [3.05, 3.63) is 193 Å². The van der Waals surface area contributed by atoms with Crippen LogP contribution >= 0.6 is 0 Å². The highest BCUT2D eigenvalue weighted by molar-refractivity contribution is 6.14. The zero-order valence-electron chi connectivity index (χ0n) is 34.1. The molecule has 5 aliphatic carbocycles. The third-order valence-electron chi connectivity index (χ3n) is 16.6. The Labute approximate surface area is 355 Å². The number of para-hydroxylation sites is 5. The van der Waals surface area contributed by atoms with Crippen LogP contribution in [0.15, 0.2) is 176 Å². The molecule has 0 radical (unpaired) electrons. The molecule has 0 N–H and O–H groups in total. The molecule has 4 saturated carbocycles. The lowest BCUT2D eigenvalue weighted by atomic mass is 9.41. The van der Waals surface area contributed by atoms with Gasteiger partial charge in [0.25, 0.3) is 0 Å². The molecule has 7 aromatic carbocycles. The molecular formula is C58H45N3. The Morgan fingerprint density at radius 2 is 1.13 bits per heavy atom. The predicted octanol–water partition coefficient (Wildman–Crippen LogP) is 14.3. The van der Waals surface area contributed by atoms with Gasteiger partial charge in [0.05, 0.1) is 33.8 Å². The molecule has 3 nitrogen and oxygen atoms in total. The second-order valence-corrected chi connectivity index (χ2v) is 19.2. The van der Waals surface area contributed by atoms with Crippen LogP contribution < -0.4 is 4.90 Å². The van der Waals surface area contributed by atoms with Gasteiger partial charge in [0.1, 0.15) is 0 Å². The van der Waals surface area contributed by atoms with Crippen LogP contribution in [0, 0.1) is 23.7 Å². The maximum Gasteiger partial charge on any atom is 0.0629 e. The van der Waals surface area contributed by atoms with E-state index in [1.54, 1.807) is 11.1 Å². The number of allylic oxidation sites excluding steroid dienone is 2. The van der Waals surface area contributed by atoms with Crippen LogP contribution in [0.25, 0.3) is 66.1 Å². The van der Waals surface area contributed by atoms with Crippen LogP contribution in [0.1, 0.15) is 54.7 Å². The molecule has 2 aromatic heterocycles. The monoisotopic (exact) mass is 783 g/mol. The van der Waals surface area contributed by atoms with Gasteiger partial charge in [0.15, 0.2) is 0 Å². The summed E-state index contributed by atoms with van der Waals surface area (Å²) < 4.78 is 5.18. The Balaban J connectivity index is 0.992. The van der Waals surface area contributed by atoms with Gasteiger partial charge in [-0.05, 0) is 127 Å². The van der Waals surface area contributed by atoms with Crippen molar-refractivity contribution < 1.29 is 0 Å². The molecule has 0 amide bonds. The smallest absolute Gasteiger partial charge is 0.0629 e. The number of benzene rings is 7. The van der Waals surface area contributed by atoms with Crippen molar-refractivity contribution in [3.63, 3.8) is 0 Å². The number of anilines is 2. The molecule has 7 aliphatic rings. The summed E-state index contributed by atoms with van der Waals surface area (Å²) in [6.07, 6.45) is 16.2. The van der Waals surface area contributed by atoms with Gasteiger partial charge in [-0.1, -0.05) is 127 Å². The van der Waals surface area contributed by atoms with Crippen molar-refractivity contribution in [2.45, 2.75) is 49.5 Å². The first kappa shape index (κ1) is 33.2. The molecule has 16 rings (SSSR count). The van der Waals surface area contributed by atoms with E-state index in [1.807, 2.05) is 0 Å². The third-order valence-corrected chi connectivity index (χ3v) is 16.6. The van der Waals surface area contributed by atoms with Gasteiger partial charge in [-0.25, -0.2) is 0 Å². The van der Waals surface area contributed by atoms with Crippen LogP contribution in [0.4, 0.5) is 11.4 Å². The van der Waals surface area contributed by atoms with E-state index in [0.29, 0.717) is 17.8 Å². The summed E-state index contributed by atoms with van der Waals surface area (Å²) in [6.45, 7) is 0. The van der Waals surface area contributed by atoms with Crippen molar-refractivity contribution >= 4 is 55.0 Å². The van der Waals surface area contributed by atoms with Crippen molar-refractivity contribution in [2.75, 3.05) is 4.90 Å². The summed E-state index contributed by atoms with van der Waals surface area (Å²) in [5, 5.41) is 5.33. The quantitative estimate of drug-likeness (QED) is 0.174. The van der Waals surface area contributed by atoms with Crippen LogP contribution in [0.2, 0.25) is 0 Å². The van der Waals surface area contributed by atoms with E-state index >= 15 is 0 Å². The van der Waals surface area contributed by atoms with E-state index in [2.05, 4.69) is 190 Å². The molecule has 2 unspecified atom stereocenters. The van der Waals surface area contributed by atoms with Gasteiger partial charge in [0, 0.05) is 55.5 Å². The highest BCUT2D eigenvalue weighted by atomic mass is 15.2. The maximum atomic E-state index is 2.70. The summed E-state index contributed by atoms with van der Waals surface area (Å²) in [6, 6.07) is 58.7. The molecule has 0 saturated heterocycles. The van der Waals surface area contributed by atoms with Gasteiger partial charge in [-0.2, -0.15) is 0 Å². The molecule has 61 heavy (non-hydrogen) atoms. The highest BCUT2D eigenvalue weighted by Crippen LogP contribution is 2.68. The molecule has 9 aromatic rings. The molecule has 1 spiro atoms. The van der Waals surface area contributed by atoms with Crippen molar-refractivity contribution in [2.24, 2.45) is 23.7 Å². The van der Waals surface area contributed by atoms with Crippen LogP contribution in [-0.2, 0) is 5.41 Å². The number of aromatic nitrogens is 2. The number of nitrogens with zero attached hydrogens (tertiary/aromatic N) is 3. The van der Waals surface area contributed by atoms with Crippen molar-refractivity contribution in [1.82, 2.24) is 9.13 Å². The summed E-state index contributed by atoms with van der Waals surface area (Å²) in [4.78, 5) is 2.61. The molecule has 2 atom stereocenters.